The number of aromatic nitrogens is 1. The predicted molar refractivity (Wildman–Crippen MR) is 119 cm³/mol. The fourth-order valence-electron chi connectivity index (χ4n) is 3.66. The van der Waals surface area contributed by atoms with Crippen molar-refractivity contribution in [3.05, 3.63) is 82.9 Å². The Hall–Kier alpha value is -3.09. The molecule has 0 saturated carbocycles. The topological polar surface area (TPSA) is 60.8 Å². The average molecular weight is 417 g/mol. The van der Waals surface area contributed by atoms with Crippen LogP contribution in [0.3, 0.4) is 0 Å². The highest BCUT2D eigenvalue weighted by Gasteiger charge is 2.26. The molecule has 0 amide bonds. The molecule has 0 fully saturated rings. The monoisotopic (exact) mass is 416 g/mol. The number of nitrogens with zero attached hydrogens (tertiary/aromatic N) is 2. The van der Waals surface area contributed by atoms with Gasteiger partial charge in [0.15, 0.2) is 11.2 Å². The third-order valence-electron chi connectivity index (χ3n) is 5.23. The number of hydrogen-bond donors (Lipinski definition) is 0. The molecule has 0 spiro atoms. The van der Waals surface area contributed by atoms with Gasteiger partial charge in [-0.1, -0.05) is 29.9 Å². The van der Waals surface area contributed by atoms with Crippen LogP contribution in [0.25, 0.3) is 10.2 Å². The smallest absolute Gasteiger partial charge is 0.221 e. The zero-order valence-electron chi connectivity index (χ0n) is 16.2. The van der Waals surface area contributed by atoms with Crippen molar-refractivity contribution in [3.8, 4) is 5.75 Å². The number of thiazole rings is 1. The van der Waals surface area contributed by atoms with Crippen LogP contribution in [0.2, 0.25) is 0 Å². The Morgan fingerprint density at radius 2 is 2.00 bits per heavy atom. The van der Waals surface area contributed by atoms with Gasteiger partial charge in [0.2, 0.25) is 5.78 Å². The van der Waals surface area contributed by atoms with Crippen LogP contribution in [0, 0.1) is 5.92 Å². The Kier molecular flexibility index (Phi) is 5.26. The first kappa shape index (κ1) is 18.9. The number of carbonyl (C=O) groups excluding carboxylic acids is 1. The van der Waals surface area contributed by atoms with Crippen molar-refractivity contribution in [1.82, 2.24) is 4.98 Å². The van der Waals surface area contributed by atoms with Crippen LogP contribution in [0.4, 0.5) is 0 Å². The normalized spacial score (nSPS) is 20.9. The second-order valence-corrected chi connectivity index (χ2v) is 8.19. The molecule has 2 aliphatic rings. The molecule has 6 heteroatoms. The van der Waals surface area contributed by atoms with E-state index in [1.165, 1.54) is 16.9 Å². The highest BCUT2D eigenvalue weighted by Crippen LogP contribution is 2.29. The summed E-state index contributed by atoms with van der Waals surface area (Å²) in [6.45, 7) is 1.37. The lowest BCUT2D eigenvalue weighted by atomic mass is 9.92. The van der Waals surface area contributed by atoms with Gasteiger partial charge < -0.3 is 9.47 Å². The third kappa shape index (κ3) is 3.84. The van der Waals surface area contributed by atoms with Gasteiger partial charge in [-0.3, -0.25) is 4.79 Å². The molecule has 2 aliphatic heterocycles. The van der Waals surface area contributed by atoms with Crippen molar-refractivity contribution >= 4 is 33.6 Å². The summed E-state index contributed by atoms with van der Waals surface area (Å²) < 4.78 is 12.6. The van der Waals surface area contributed by atoms with Crippen LogP contribution in [-0.2, 0) is 4.74 Å². The number of benzene rings is 2. The number of rotatable bonds is 5. The van der Waals surface area contributed by atoms with Gasteiger partial charge in [0, 0.05) is 11.8 Å². The summed E-state index contributed by atoms with van der Waals surface area (Å²) >= 11 is 1.41. The SMILES string of the molecule is O=C(c1ccc(OC2N=CC=CC2C2=CCOCC2)cc1)c1nc2ccccc2s1. The minimum absolute atomic E-state index is 0.0772. The summed E-state index contributed by atoms with van der Waals surface area (Å²) in [4.78, 5) is 21.8. The minimum atomic E-state index is -0.315. The van der Waals surface area contributed by atoms with E-state index in [-0.39, 0.29) is 17.9 Å². The number of para-hydroxylation sites is 1. The first-order valence-corrected chi connectivity index (χ1v) is 10.7. The molecule has 0 bridgehead atoms. The maximum Gasteiger partial charge on any atom is 0.221 e. The molecule has 0 N–H and O–H groups in total. The van der Waals surface area contributed by atoms with E-state index in [2.05, 4.69) is 22.1 Å². The number of fused-ring (bicyclic) bond motifs is 1. The van der Waals surface area contributed by atoms with E-state index in [4.69, 9.17) is 9.47 Å². The summed E-state index contributed by atoms with van der Waals surface area (Å²) in [5, 5.41) is 0.499. The van der Waals surface area contributed by atoms with Crippen LogP contribution < -0.4 is 4.74 Å². The third-order valence-corrected chi connectivity index (χ3v) is 6.27. The zero-order valence-corrected chi connectivity index (χ0v) is 17.0. The van der Waals surface area contributed by atoms with Crippen molar-refractivity contribution in [1.29, 1.82) is 0 Å². The molecular formula is C24H20N2O3S. The van der Waals surface area contributed by atoms with Crippen molar-refractivity contribution < 1.29 is 14.3 Å². The summed E-state index contributed by atoms with van der Waals surface area (Å²) in [7, 11) is 0. The van der Waals surface area contributed by atoms with Crippen LogP contribution in [0.5, 0.6) is 5.75 Å². The molecule has 2 atom stereocenters. The van der Waals surface area contributed by atoms with E-state index in [9.17, 15) is 4.79 Å². The van der Waals surface area contributed by atoms with E-state index in [1.54, 1.807) is 18.3 Å². The molecule has 1 aromatic heterocycles. The molecule has 2 aromatic carbocycles. The van der Waals surface area contributed by atoms with E-state index in [0.29, 0.717) is 22.9 Å². The molecule has 0 radical (unpaired) electrons. The standard InChI is InChI=1S/C24H20N2O3S/c27-22(24-26-20-5-1-2-6-21(20)30-24)17-7-9-18(10-8-17)29-23-19(4-3-13-25-23)16-11-14-28-15-12-16/h1-11,13,19,23H,12,14-15H2. The number of aliphatic imine (C=N–C) groups is 1. The molecule has 5 rings (SSSR count). The van der Waals surface area contributed by atoms with E-state index in [0.717, 1.165) is 23.2 Å². The maximum atomic E-state index is 12.8. The first-order chi connectivity index (χ1) is 14.8. The van der Waals surface area contributed by atoms with E-state index in [1.807, 2.05) is 42.5 Å². The van der Waals surface area contributed by atoms with Gasteiger partial charge in [-0.05, 0) is 48.9 Å². The van der Waals surface area contributed by atoms with Crippen LogP contribution >= 0.6 is 11.3 Å². The highest BCUT2D eigenvalue weighted by molar-refractivity contribution is 7.20. The molecule has 3 heterocycles. The number of carbonyl (C=O) groups is 1. The van der Waals surface area contributed by atoms with Gasteiger partial charge in [-0.15, -0.1) is 11.3 Å². The second-order valence-electron chi connectivity index (χ2n) is 7.16. The number of hydrogen-bond acceptors (Lipinski definition) is 6. The Labute approximate surface area is 178 Å². The van der Waals surface area contributed by atoms with Crippen LogP contribution in [0.1, 0.15) is 21.8 Å². The van der Waals surface area contributed by atoms with Gasteiger partial charge in [0.25, 0.3) is 0 Å². The molecule has 2 unspecified atom stereocenters. The number of dihydropyridines is 1. The summed E-state index contributed by atoms with van der Waals surface area (Å²) in [5.74, 6) is 0.709. The lowest BCUT2D eigenvalue weighted by Gasteiger charge is -2.28. The number of ether oxygens (including phenoxy) is 2. The van der Waals surface area contributed by atoms with E-state index >= 15 is 0 Å². The molecule has 30 heavy (non-hydrogen) atoms. The molecular weight excluding hydrogens is 396 g/mol. The van der Waals surface area contributed by atoms with Gasteiger partial charge in [0.05, 0.1) is 29.3 Å². The number of allylic oxidation sites excluding steroid dienone is 1. The Morgan fingerprint density at radius 3 is 2.80 bits per heavy atom. The Bertz CT molecular complexity index is 1130. The average Bonchev–Trinajstić information content (AvgIpc) is 3.24. The summed E-state index contributed by atoms with van der Waals surface area (Å²) in [5.41, 5.74) is 2.74. The van der Waals surface area contributed by atoms with Crippen molar-refractivity contribution in [2.24, 2.45) is 10.9 Å². The molecule has 5 nitrogen and oxygen atoms in total. The summed E-state index contributed by atoms with van der Waals surface area (Å²) in [6.07, 6.45) is 8.55. The summed E-state index contributed by atoms with van der Waals surface area (Å²) in [6, 6.07) is 15.0. The molecule has 150 valence electrons. The van der Waals surface area contributed by atoms with Crippen molar-refractivity contribution in [3.63, 3.8) is 0 Å². The van der Waals surface area contributed by atoms with Gasteiger partial charge in [0.1, 0.15) is 5.75 Å². The second kappa shape index (κ2) is 8.34. The maximum absolute atomic E-state index is 12.8. The zero-order chi connectivity index (χ0) is 20.3. The Balaban J connectivity index is 1.32. The van der Waals surface area contributed by atoms with Gasteiger partial charge >= 0.3 is 0 Å². The quantitative estimate of drug-likeness (QED) is 0.441. The first-order valence-electron chi connectivity index (χ1n) is 9.91. The van der Waals surface area contributed by atoms with Crippen molar-refractivity contribution in [2.45, 2.75) is 12.6 Å². The van der Waals surface area contributed by atoms with E-state index < -0.39 is 0 Å². The predicted octanol–water partition coefficient (Wildman–Crippen LogP) is 4.84. The van der Waals surface area contributed by atoms with Gasteiger partial charge in [-0.25, -0.2) is 9.98 Å². The van der Waals surface area contributed by atoms with Crippen LogP contribution in [0.15, 0.2) is 77.3 Å². The fraction of sp³-hybridized carbons (Fsp3) is 0.208. The van der Waals surface area contributed by atoms with Gasteiger partial charge in [-0.2, -0.15) is 0 Å². The largest absolute Gasteiger partial charge is 0.468 e. The molecule has 3 aromatic rings. The fourth-order valence-corrected chi connectivity index (χ4v) is 4.59. The number of ketones is 1. The van der Waals surface area contributed by atoms with Crippen molar-refractivity contribution in [2.75, 3.05) is 13.2 Å². The molecule has 0 saturated heterocycles. The molecule has 0 aliphatic carbocycles. The lowest BCUT2D eigenvalue weighted by molar-refractivity contribution is 0.103. The Morgan fingerprint density at radius 1 is 1.13 bits per heavy atom. The highest BCUT2D eigenvalue weighted by atomic mass is 32.1. The lowest BCUT2D eigenvalue weighted by Crippen LogP contribution is -2.29. The minimum Gasteiger partial charge on any atom is -0.468 e. The van der Waals surface area contributed by atoms with Crippen LogP contribution in [-0.4, -0.2) is 36.4 Å².